The average Bonchev–Trinajstić information content (AvgIpc) is 3.09. The molecule has 6 atom stereocenters. The van der Waals surface area contributed by atoms with Gasteiger partial charge < -0.3 is 19.8 Å². The topological polar surface area (TPSA) is 116 Å². The monoisotopic (exact) mass is 642 g/mol. The number of sulfonamides is 1. The highest BCUT2D eigenvalue weighted by Crippen LogP contribution is 2.48. The van der Waals surface area contributed by atoms with Crippen LogP contribution in [-0.2, 0) is 21.9 Å². The van der Waals surface area contributed by atoms with Crippen LogP contribution in [-0.4, -0.2) is 61.7 Å². The van der Waals surface area contributed by atoms with Gasteiger partial charge in [0.1, 0.15) is 5.75 Å². The Morgan fingerprint density at radius 1 is 1.18 bits per heavy atom. The van der Waals surface area contributed by atoms with Gasteiger partial charge in [0.05, 0.1) is 23.1 Å². The van der Waals surface area contributed by atoms with E-state index in [9.17, 15) is 23.4 Å². The van der Waals surface area contributed by atoms with Crippen molar-refractivity contribution in [3.8, 4) is 5.75 Å². The molecule has 4 aliphatic rings. The van der Waals surface area contributed by atoms with Crippen LogP contribution in [0.2, 0.25) is 5.02 Å². The second-order valence-electron chi connectivity index (χ2n) is 13.6. The van der Waals surface area contributed by atoms with Gasteiger partial charge in [-0.25, -0.2) is 13.1 Å². The van der Waals surface area contributed by atoms with Crippen molar-refractivity contribution in [2.24, 2.45) is 17.8 Å². The molecular formula is C34H43ClN2O6S. The van der Waals surface area contributed by atoms with E-state index in [-0.39, 0.29) is 41.8 Å². The zero-order valence-corrected chi connectivity index (χ0v) is 27.0. The lowest BCUT2D eigenvalue weighted by Crippen LogP contribution is -2.51. The number of rotatable bonds is 2. The van der Waals surface area contributed by atoms with Crippen molar-refractivity contribution in [1.29, 1.82) is 0 Å². The Kier molecular flexibility index (Phi) is 8.54. The summed E-state index contributed by atoms with van der Waals surface area (Å²) in [5.41, 5.74) is 2.10. The molecule has 6 rings (SSSR count). The second kappa shape index (κ2) is 12.0. The minimum Gasteiger partial charge on any atom is -0.490 e. The van der Waals surface area contributed by atoms with Gasteiger partial charge in [-0.05, 0) is 111 Å². The van der Waals surface area contributed by atoms with E-state index in [4.69, 9.17) is 16.3 Å². The summed E-state index contributed by atoms with van der Waals surface area (Å²) in [6.07, 6.45) is 8.84. The third-order valence-corrected chi connectivity index (χ3v) is 12.8. The summed E-state index contributed by atoms with van der Waals surface area (Å²) < 4.78 is 35.8. The lowest BCUT2D eigenvalue weighted by atomic mass is 9.64. The first-order valence-electron chi connectivity index (χ1n) is 15.8. The first-order valence-corrected chi connectivity index (χ1v) is 17.7. The summed E-state index contributed by atoms with van der Waals surface area (Å²) in [6.45, 7) is 5.13. The van der Waals surface area contributed by atoms with E-state index in [1.807, 2.05) is 25.1 Å². The molecule has 2 heterocycles. The summed E-state index contributed by atoms with van der Waals surface area (Å²) in [6, 6.07) is 11.3. The van der Waals surface area contributed by atoms with Crippen LogP contribution in [0.5, 0.6) is 5.75 Å². The maximum atomic E-state index is 13.5. The fraction of sp³-hybridized carbons (Fsp3) is 0.559. The minimum atomic E-state index is -4.11. The van der Waals surface area contributed by atoms with E-state index in [1.54, 1.807) is 25.1 Å². The summed E-state index contributed by atoms with van der Waals surface area (Å²) in [4.78, 5) is 15.8. The number of nitrogens with zero attached hydrogens (tertiary/aromatic N) is 1. The van der Waals surface area contributed by atoms with Crippen LogP contribution in [0.15, 0.2) is 48.6 Å². The van der Waals surface area contributed by atoms with Crippen molar-refractivity contribution in [2.45, 2.75) is 75.1 Å². The van der Waals surface area contributed by atoms with Gasteiger partial charge in [0.15, 0.2) is 0 Å². The number of anilines is 1. The van der Waals surface area contributed by atoms with Crippen LogP contribution in [0.4, 0.5) is 5.69 Å². The Labute approximate surface area is 265 Å². The number of allylic oxidation sites excluding steroid dienone is 1. The lowest BCUT2D eigenvalue weighted by molar-refractivity contribution is -0.0314. The number of aliphatic hydroxyl groups excluding tert-OH is 1. The lowest BCUT2D eigenvalue weighted by Gasteiger charge is -2.48. The molecular weight excluding hydrogens is 600 g/mol. The van der Waals surface area contributed by atoms with Crippen molar-refractivity contribution in [3.05, 3.63) is 70.3 Å². The summed E-state index contributed by atoms with van der Waals surface area (Å²) in [7, 11) is -4.11. The van der Waals surface area contributed by atoms with Crippen LogP contribution in [0.25, 0.3) is 0 Å². The Morgan fingerprint density at radius 3 is 2.75 bits per heavy atom. The molecule has 1 fully saturated rings. The van der Waals surface area contributed by atoms with Gasteiger partial charge in [-0.2, -0.15) is 0 Å². The highest BCUT2D eigenvalue weighted by Gasteiger charge is 2.46. The average molecular weight is 643 g/mol. The van der Waals surface area contributed by atoms with Crippen molar-refractivity contribution in [3.63, 3.8) is 0 Å². The molecule has 1 amide bonds. The van der Waals surface area contributed by atoms with E-state index in [1.165, 1.54) is 11.1 Å². The second-order valence-corrected chi connectivity index (χ2v) is 15.9. The standard InChI is InChI=1S/C34H43ClN2O6S/c1-22-5-3-14-33(2,40)27-10-7-25(27)19-37-20-34(15-4-6-23-17-26(35)9-11-28(23)34)21-43-30-12-8-24(18-29(30)37)32(39)36-44(41,42)31(22)13-16-38/h3,8-9,11-12,14,17-18,22,25,27,31,38,40H,4-7,10,13,15-16,19-21H2,1-2H3,(H,36,39)/b14-3+/t22-,25-,27+,31+,33-,34-/m0/s1. The molecule has 2 aliphatic heterocycles. The molecule has 0 aromatic heterocycles. The molecule has 2 aromatic carbocycles. The van der Waals surface area contributed by atoms with Gasteiger partial charge in [-0.15, -0.1) is 0 Å². The minimum absolute atomic E-state index is 0.000708. The summed E-state index contributed by atoms with van der Waals surface area (Å²) >= 11 is 6.40. The van der Waals surface area contributed by atoms with Crippen LogP contribution in [0.3, 0.4) is 0 Å². The third kappa shape index (κ3) is 5.88. The van der Waals surface area contributed by atoms with Crippen LogP contribution >= 0.6 is 11.6 Å². The fourth-order valence-electron chi connectivity index (χ4n) is 8.03. The molecule has 8 nitrogen and oxygen atoms in total. The smallest absolute Gasteiger partial charge is 0.264 e. The highest BCUT2D eigenvalue weighted by molar-refractivity contribution is 7.90. The maximum Gasteiger partial charge on any atom is 0.264 e. The Balaban J connectivity index is 1.44. The zero-order chi connectivity index (χ0) is 31.3. The van der Waals surface area contributed by atoms with Gasteiger partial charge in [-0.3, -0.25) is 4.79 Å². The highest BCUT2D eigenvalue weighted by atomic mass is 35.5. The number of benzene rings is 2. The molecule has 1 saturated carbocycles. The number of carbonyl (C=O) groups is 1. The normalized spacial score (nSPS) is 34.0. The molecule has 238 valence electrons. The number of amides is 1. The van der Waals surface area contributed by atoms with Crippen molar-refractivity contribution in [1.82, 2.24) is 4.72 Å². The molecule has 0 saturated heterocycles. The number of fused-ring (bicyclic) bond motifs is 4. The van der Waals surface area contributed by atoms with Gasteiger partial charge in [-0.1, -0.05) is 36.7 Å². The van der Waals surface area contributed by atoms with Crippen LogP contribution in [0, 0.1) is 17.8 Å². The van der Waals surface area contributed by atoms with Crippen LogP contribution in [0.1, 0.15) is 73.9 Å². The maximum absolute atomic E-state index is 13.5. The molecule has 10 heteroatoms. The number of ether oxygens (including phenoxy) is 1. The fourth-order valence-corrected chi connectivity index (χ4v) is 9.89. The number of aryl methyl sites for hydroxylation is 1. The van der Waals surface area contributed by atoms with E-state index in [0.717, 1.165) is 42.8 Å². The summed E-state index contributed by atoms with van der Waals surface area (Å²) in [5, 5.41) is 21.1. The molecule has 0 radical (unpaired) electrons. The van der Waals surface area contributed by atoms with Gasteiger partial charge >= 0.3 is 0 Å². The number of halogens is 1. The van der Waals surface area contributed by atoms with Crippen molar-refractivity contribution in [2.75, 3.05) is 31.2 Å². The summed E-state index contributed by atoms with van der Waals surface area (Å²) in [5.74, 6) is -0.183. The van der Waals surface area contributed by atoms with E-state index in [0.29, 0.717) is 31.9 Å². The Morgan fingerprint density at radius 2 is 2.00 bits per heavy atom. The Bertz CT molecular complexity index is 1560. The number of aliphatic hydroxyl groups is 2. The molecule has 3 N–H and O–H groups in total. The quantitative estimate of drug-likeness (QED) is 0.395. The molecule has 2 aromatic rings. The number of nitrogens with one attached hydrogen (secondary N) is 1. The van der Waals surface area contributed by atoms with Crippen molar-refractivity contribution < 1.29 is 28.2 Å². The number of hydrogen-bond donors (Lipinski definition) is 3. The zero-order valence-electron chi connectivity index (χ0n) is 25.5. The largest absolute Gasteiger partial charge is 0.490 e. The van der Waals surface area contributed by atoms with Gasteiger partial charge in [0, 0.05) is 35.7 Å². The first kappa shape index (κ1) is 31.4. The van der Waals surface area contributed by atoms with Gasteiger partial charge in [0.25, 0.3) is 5.91 Å². The Hall–Kier alpha value is -2.59. The van der Waals surface area contributed by atoms with E-state index >= 15 is 0 Å². The molecule has 44 heavy (non-hydrogen) atoms. The predicted molar refractivity (Wildman–Crippen MR) is 172 cm³/mol. The predicted octanol–water partition coefficient (Wildman–Crippen LogP) is 5.00. The van der Waals surface area contributed by atoms with E-state index < -0.39 is 26.8 Å². The van der Waals surface area contributed by atoms with Crippen molar-refractivity contribution >= 4 is 33.2 Å². The van der Waals surface area contributed by atoms with Crippen LogP contribution < -0.4 is 14.4 Å². The first-order chi connectivity index (χ1) is 20.9. The molecule has 2 aliphatic carbocycles. The van der Waals surface area contributed by atoms with Gasteiger partial charge in [0.2, 0.25) is 10.0 Å². The SMILES string of the molecule is C[C@H]1C/C=C/[C@](C)(O)[C@@H]2CC[C@H]2CN2C[C@@]3(CCCc4cc(Cl)ccc43)COc3ccc(cc32)C(=O)NS(=O)(=O)[C@@H]1CCO. The molecule has 2 bridgehead atoms. The number of hydrogen-bond acceptors (Lipinski definition) is 7. The third-order valence-electron chi connectivity index (χ3n) is 10.6. The van der Waals surface area contributed by atoms with E-state index in [2.05, 4.69) is 21.8 Å². The number of carbonyl (C=O) groups excluding carboxylic acids is 1. The molecule has 1 spiro atoms. The molecule has 0 unspecified atom stereocenters.